The summed E-state index contributed by atoms with van der Waals surface area (Å²) in [5, 5.41) is 3.13. The number of methoxy groups -OCH3 is 1. The van der Waals surface area contributed by atoms with Gasteiger partial charge in [-0.25, -0.2) is 13.8 Å². The van der Waals surface area contributed by atoms with Crippen LogP contribution >= 0.6 is 0 Å². The minimum Gasteiger partial charge on any atom is -0.493 e. The van der Waals surface area contributed by atoms with Gasteiger partial charge in [-0.3, -0.25) is 24.0 Å². The van der Waals surface area contributed by atoms with Gasteiger partial charge in [0.2, 0.25) is 0 Å². The van der Waals surface area contributed by atoms with Gasteiger partial charge < -0.3 is 24.3 Å². The molecule has 0 spiro atoms. The third-order valence-electron chi connectivity index (χ3n) is 8.44. The third-order valence-corrected chi connectivity index (χ3v) is 8.44. The van der Waals surface area contributed by atoms with E-state index in [0.29, 0.717) is 51.5 Å². The quantitative estimate of drug-likeness (QED) is 0.155. The largest absolute Gasteiger partial charge is 0.493 e. The number of carbonyl (C=O) groups is 1. The van der Waals surface area contributed by atoms with Gasteiger partial charge in [-0.15, -0.1) is 0 Å². The van der Waals surface area contributed by atoms with Crippen molar-refractivity contribution in [2.24, 2.45) is 0 Å². The number of fused-ring (bicyclic) bond motifs is 2. The number of anilines is 1. The number of halogens is 2. The van der Waals surface area contributed by atoms with Crippen molar-refractivity contribution in [2.45, 2.75) is 6.42 Å². The number of rotatable bonds is 11. The topological polar surface area (TPSA) is 117 Å². The van der Waals surface area contributed by atoms with Crippen LogP contribution in [0.15, 0.2) is 95.9 Å². The molecule has 7 rings (SSSR count). The van der Waals surface area contributed by atoms with E-state index in [2.05, 4.69) is 20.2 Å². The number of pyridine rings is 1. The van der Waals surface area contributed by atoms with E-state index in [-0.39, 0.29) is 11.4 Å². The number of aromatic nitrogens is 3. The molecular weight excluding hydrogens is 660 g/mol. The second kappa shape index (κ2) is 14.9. The molecule has 1 amide bonds. The van der Waals surface area contributed by atoms with E-state index in [9.17, 15) is 14.0 Å². The summed E-state index contributed by atoms with van der Waals surface area (Å²) in [6.07, 6.45) is 2.38. The predicted octanol–water partition coefficient (Wildman–Crippen LogP) is 6.37. The van der Waals surface area contributed by atoms with Crippen LogP contribution < -0.4 is 25.1 Å². The summed E-state index contributed by atoms with van der Waals surface area (Å²) in [6.45, 7) is 4.71. The van der Waals surface area contributed by atoms with E-state index in [4.69, 9.17) is 18.9 Å². The molecule has 0 radical (unpaired) electrons. The zero-order valence-electron chi connectivity index (χ0n) is 27.6. The highest BCUT2D eigenvalue weighted by Crippen LogP contribution is 2.38. The van der Waals surface area contributed by atoms with Crippen LogP contribution in [-0.4, -0.2) is 71.9 Å². The number of amides is 1. The van der Waals surface area contributed by atoms with Crippen LogP contribution in [0.3, 0.4) is 0 Å². The maximum absolute atomic E-state index is 15.5. The Balaban J connectivity index is 1.08. The molecular formula is C38H33F2N5O6. The molecule has 0 aliphatic carbocycles. The second-order valence-corrected chi connectivity index (χ2v) is 11.8. The van der Waals surface area contributed by atoms with Crippen molar-refractivity contribution in [1.29, 1.82) is 0 Å². The lowest BCUT2D eigenvalue weighted by Gasteiger charge is -2.26. The molecule has 0 saturated carbocycles. The second-order valence-electron chi connectivity index (χ2n) is 11.8. The Morgan fingerprint density at radius 1 is 0.902 bits per heavy atom. The van der Waals surface area contributed by atoms with Gasteiger partial charge in [0.15, 0.2) is 28.8 Å². The fraction of sp³-hybridized carbons (Fsp3) is 0.211. The molecule has 6 aromatic rings. The molecule has 1 N–H and O–H groups in total. The summed E-state index contributed by atoms with van der Waals surface area (Å²) in [4.78, 5) is 38.0. The highest BCUT2D eigenvalue weighted by Gasteiger charge is 2.20. The average molecular weight is 694 g/mol. The zero-order chi connectivity index (χ0) is 35.3. The average Bonchev–Trinajstić information content (AvgIpc) is 3.15. The van der Waals surface area contributed by atoms with Gasteiger partial charge in [-0.05, 0) is 67.1 Å². The summed E-state index contributed by atoms with van der Waals surface area (Å²) in [7, 11) is 1.54. The Kier molecular flexibility index (Phi) is 9.81. The maximum Gasteiger partial charge on any atom is 0.287 e. The molecule has 1 aliphatic rings. The van der Waals surface area contributed by atoms with Gasteiger partial charge in [0, 0.05) is 54.7 Å². The van der Waals surface area contributed by atoms with Crippen molar-refractivity contribution < 1.29 is 32.5 Å². The van der Waals surface area contributed by atoms with Gasteiger partial charge in [-0.1, -0.05) is 12.1 Å². The number of nitrogens with zero attached hydrogens (tertiary/aromatic N) is 4. The molecule has 4 aromatic carbocycles. The smallest absolute Gasteiger partial charge is 0.287 e. The molecule has 260 valence electrons. The first-order chi connectivity index (χ1) is 24.9. The van der Waals surface area contributed by atoms with Crippen molar-refractivity contribution in [1.82, 2.24) is 19.4 Å². The van der Waals surface area contributed by atoms with Crippen molar-refractivity contribution in [3.63, 3.8) is 0 Å². The third kappa shape index (κ3) is 7.35. The Bertz CT molecular complexity index is 2280. The molecule has 1 aliphatic heterocycles. The van der Waals surface area contributed by atoms with E-state index in [1.807, 2.05) is 0 Å². The lowest BCUT2D eigenvalue weighted by molar-refractivity contribution is 0.0357. The first kappa shape index (κ1) is 33.6. The molecule has 1 fully saturated rings. The lowest BCUT2D eigenvalue weighted by Crippen LogP contribution is -2.37. The fourth-order valence-electron chi connectivity index (χ4n) is 5.88. The summed E-state index contributed by atoms with van der Waals surface area (Å²) < 4.78 is 53.4. The van der Waals surface area contributed by atoms with Gasteiger partial charge in [0.1, 0.15) is 11.6 Å². The van der Waals surface area contributed by atoms with E-state index in [1.54, 1.807) is 48.7 Å². The van der Waals surface area contributed by atoms with Crippen molar-refractivity contribution >= 4 is 33.5 Å². The summed E-state index contributed by atoms with van der Waals surface area (Å²) in [5.74, 6) is -0.847. The molecule has 0 atom stereocenters. The summed E-state index contributed by atoms with van der Waals surface area (Å²) >= 11 is 0. The number of ether oxygens (including phenoxy) is 4. The standard InChI is InChI=1S/C38H33F2N5O6/c1-48-34-22-27-30(23-35(34)50-18-4-15-44-16-19-49-20-17-44)41-14-13-32(27)51-33-12-9-25(21-28(33)40)42-37(46)36-38(47)45(26-10-7-24(39)8-11-26)31-6-3-2-5-29(31)43-36/h2-3,5-14,21-23H,4,15-20H2,1H3,(H,42,46). The van der Waals surface area contributed by atoms with Gasteiger partial charge in [0.05, 0.1) is 43.5 Å². The zero-order valence-corrected chi connectivity index (χ0v) is 27.6. The highest BCUT2D eigenvalue weighted by atomic mass is 19.1. The fourth-order valence-corrected chi connectivity index (χ4v) is 5.88. The molecule has 51 heavy (non-hydrogen) atoms. The molecule has 1 saturated heterocycles. The van der Waals surface area contributed by atoms with Crippen molar-refractivity contribution in [2.75, 3.05) is 51.9 Å². The molecule has 0 unspecified atom stereocenters. The minimum absolute atomic E-state index is 0.0733. The number of benzene rings is 4. The maximum atomic E-state index is 15.5. The Labute approximate surface area is 291 Å². The normalized spacial score (nSPS) is 13.3. The number of para-hydroxylation sites is 2. The van der Waals surface area contributed by atoms with Crippen LogP contribution in [0, 0.1) is 11.6 Å². The van der Waals surface area contributed by atoms with E-state index in [1.165, 1.54) is 48.1 Å². The van der Waals surface area contributed by atoms with Gasteiger partial charge in [-0.2, -0.15) is 0 Å². The first-order valence-corrected chi connectivity index (χ1v) is 16.3. The van der Waals surface area contributed by atoms with Crippen LogP contribution in [0.1, 0.15) is 16.9 Å². The van der Waals surface area contributed by atoms with Crippen LogP contribution in [0.5, 0.6) is 23.0 Å². The SMILES string of the molecule is COc1cc2c(Oc3ccc(NC(=O)c4nc5ccccc5n(-c5ccc(F)cc5)c4=O)cc3F)ccnc2cc1OCCCN1CCOCC1. The van der Waals surface area contributed by atoms with Crippen molar-refractivity contribution in [3.8, 4) is 28.7 Å². The Hall–Kier alpha value is -5.92. The Morgan fingerprint density at radius 3 is 2.49 bits per heavy atom. The molecule has 11 nitrogen and oxygen atoms in total. The minimum atomic E-state index is -0.846. The summed E-state index contributed by atoms with van der Waals surface area (Å²) in [6, 6.07) is 21.1. The van der Waals surface area contributed by atoms with Crippen LogP contribution in [-0.2, 0) is 4.74 Å². The van der Waals surface area contributed by atoms with E-state index < -0.39 is 28.8 Å². The first-order valence-electron chi connectivity index (χ1n) is 16.3. The number of hydrogen-bond acceptors (Lipinski definition) is 9. The predicted molar refractivity (Wildman–Crippen MR) is 187 cm³/mol. The van der Waals surface area contributed by atoms with Crippen LogP contribution in [0.4, 0.5) is 14.5 Å². The molecule has 13 heteroatoms. The number of nitrogens with one attached hydrogen (secondary N) is 1. The molecule has 2 aromatic heterocycles. The summed E-state index contributed by atoms with van der Waals surface area (Å²) in [5.41, 5.74) is 0.647. The number of carbonyl (C=O) groups excluding carboxylic acids is 1. The Morgan fingerprint density at radius 2 is 1.71 bits per heavy atom. The lowest BCUT2D eigenvalue weighted by atomic mass is 10.1. The van der Waals surface area contributed by atoms with E-state index in [0.717, 1.165) is 45.3 Å². The van der Waals surface area contributed by atoms with Gasteiger partial charge in [0.25, 0.3) is 11.5 Å². The monoisotopic (exact) mass is 693 g/mol. The molecule has 3 heterocycles. The highest BCUT2D eigenvalue weighted by molar-refractivity contribution is 6.03. The van der Waals surface area contributed by atoms with Gasteiger partial charge >= 0.3 is 0 Å². The van der Waals surface area contributed by atoms with Crippen LogP contribution in [0.2, 0.25) is 0 Å². The number of morpholine rings is 1. The molecule has 0 bridgehead atoms. The number of hydrogen-bond donors (Lipinski definition) is 1. The van der Waals surface area contributed by atoms with Crippen molar-refractivity contribution in [3.05, 3.63) is 119 Å². The van der Waals surface area contributed by atoms with E-state index >= 15 is 4.39 Å². The van der Waals surface area contributed by atoms with Crippen LogP contribution in [0.25, 0.3) is 27.6 Å².